The molecule has 0 radical (unpaired) electrons. The Balaban J connectivity index is 3.67. The molecule has 1 atom stereocenters. The lowest BCUT2D eigenvalue weighted by atomic mass is 9.90. The molecule has 82 valence electrons. The molecular formula is C12H22O2. The Morgan fingerprint density at radius 2 is 2.00 bits per heavy atom. The molecular weight excluding hydrogens is 176 g/mol. The summed E-state index contributed by atoms with van der Waals surface area (Å²) in [5.74, 6) is -0.569. The fourth-order valence-corrected chi connectivity index (χ4v) is 1.54. The van der Waals surface area contributed by atoms with Crippen LogP contribution in [0.1, 0.15) is 46.5 Å². The first-order valence-electron chi connectivity index (χ1n) is 5.43. The Hall–Kier alpha value is -0.790. The van der Waals surface area contributed by atoms with E-state index in [1.54, 1.807) is 0 Å². The first-order valence-corrected chi connectivity index (χ1v) is 5.43. The van der Waals surface area contributed by atoms with E-state index in [0.717, 1.165) is 25.7 Å². The third-order valence-electron chi connectivity index (χ3n) is 2.49. The van der Waals surface area contributed by atoms with Crippen LogP contribution in [0.3, 0.4) is 0 Å². The van der Waals surface area contributed by atoms with Crippen LogP contribution in [-0.2, 0) is 4.79 Å². The second kappa shape index (κ2) is 7.60. The average molecular weight is 198 g/mol. The molecule has 0 rings (SSSR count). The van der Waals surface area contributed by atoms with Gasteiger partial charge < -0.3 is 5.11 Å². The minimum Gasteiger partial charge on any atom is -0.481 e. The van der Waals surface area contributed by atoms with Gasteiger partial charge in [-0.2, -0.15) is 0 Å². The van der Waals surface area contributed by atoms with Gasteiger partial charge in [-0.1, -0.05) is 32.4 Å². The van der Waals surface area contributed by atoms with Crippen LogP contribution in [-0.4, -0.2) is 11.1 Å². The number of aliphatic carboxylic acids is 1. The minimum absolute atomic E-state index is 0.166. The van der Waals surface area contributed by atoms with E-state index in [4.69, 9.17) is 5.11 Å². The van der Waals surface area contributed by atoms with Crippen LogP contribution in [0.25, 0.3) is 0 Å². The summed E-state index contributed by atoms with van der Waals surface area (Å²) in [7, 11) is 0. The van der Waals surface area contributed by atoms with E-state index in [2.05, 4.69) is 6.08 Å². The molecule has 0 aliphatic rings. The van der Waals surface area contributed by atoms with Crippen molar-refractivity contribution in [2.75, 3.05) is 0 Å². The molecule has 0 heterocycles. The Morgan fingerprint density at radius 1 is 1.36 bits per heavy atom. The molecule has 0 aliphatic carbocycles. The molecule has 0 saturated carbocycles. The summed E-state index contributed by atoms with van der Waals surface area (Å²) in [5.41, 5.74) is 0. The van der Waals surface area contributed by atoms with E-state index < -0.39 is 5.97 Å². The zero-order valence-electron chi connectivity index (χ0n) is 9.49. The van der Waals surface area contributed by atoms with E-state index >= 15 is 0 Å². The van der Waals surface area contributed by atoms with Gasteiger partial charge in [0, 0.05) is 0 Å². The van der Waals surface area contributed by atoms with Gasteiger partial charge in [-0.15, -0.1) is 0 Å². The maximum Gasteiger partial charge on any atom is 0.306 e. The number of carboxylic acids is 1. The van der Waals surface area contributed by atoms with Gasteiger partial charge in [0.1, 0.15) is 0 Å². The smallest absolute Gasteiger partial charge is 0.306 e. The van der Waals surface area contributed by atoms with Crippen LogP contribution in [0.4, 0.5) is 0 Å². The van der Waals surface area contributed by atoms with Gasteiger partial charge in [-0.05, 0) is 32.1 Å². The van der Waals surface area contributed by atoms with Crippen LogP contribution in [0.5, 0.6) is 0 Å². The van der Waals surface area contributed by atoms with Crippen molar-refractivity contribution in [1.29, 1.82) is 0 Å². The van der Waals surface area contributed by atoms with E-state index in [1.165, 1.54) is 0 Å². The molecule has 1 N–H and O–H groups in total. The highest BCUT2D eigenvalue weighted by Gasteiger charge is 2.20. The van der Waals surface area contributed by atoms with E-state index in [9.17, 15) is 4.79 Å². The van der Waals surface area contributed by atoms with Crippen molar-refractivity contribution in [3.8, 4) is 0 Å². The largest absolute Gasteiger partial charge is 0.481 e. The van der Waals surface area contributed by atoms with Crippen molar-refractivity contribution in [2.45, 2.75) is 46.5 Å². The number of hydrogen-bond acceptors (Lipinski definition) is 1. The molecule has 0 saturated heterocycles. The first kappa shape index (κ1) is 13.2. The summed E-state index contributed by atoms with van der Waals surface area (Å²) in [6, 6.07) is 0. The maximum absolute atomic E-state index is 10.8. The molecule has 0 bridgehead atoms. The molecule has 2 heteroatoms. The molecule has 0 aromatic heterocycles. The van der Waals surface area contributed by atoms with E-state index in [1.807, 2.05) is 26.8 Å². The SMILES string of the molecule is C/C=C/CCCCC(C(=O)O)C(C)C. The predicted octanol–water partition coefficient (Wildman–Crippen LogP) is 3.48. The Morgan fingerprint density at radius 3 is 2.43 bits per heavy atom. The molecule has 0 spiro atoms. The zero-order valence-corrected chi connectivity index (χ0v) is 9.49. The first-order chi connectivity index (χ1) is 6.59. The number of allylic oxidation sites excluding steroid dienone is 2. The van der Waals surface area contributed by atoms with Crippen LogP contribution in [0.15, 0.2) is 12.2 Å². The lowest BCUT2D eigenvalue weighted by molar-refractivity contribution is -0.143. The Bertz CT molecular complexity index is 183. The number of hydrogen-bond donors (Lipinski definition) is 1. The highest BCUT2D eigenvalue weighted by molar-refractivity contribution is 5.70. The fraction of sp³-hybridized carbons (Fsp3) is 0.750. The molecule has 0 aromatic rings. The highest BCUT2D eigenvalue weighted by atomic mass is 16.4. The number of rotatable bonds is 7. The summed E-state index contributed by atoms with van der Waals surface area (Å²) in [4.78, 5) is 10.8. The van der Waals surface area contributed by atoms with E-state index in [0.29, 0.717) is 0 Å². The average Bonchev–Trinajstić information content (AvgIpc) is 2.09. The summed E-state index contributed by atoms with van der Waals surface area (Å²) in [6.07, 6.45) is 8.16. The van der Waals surface area contributed by atoms with E-state index in [-0.39, 0.29) is 11.8 Å². The standard InChI is InChI=1S/C12H22O2/c1-4-5-6-7-8-9-11(10(2)3)12(13)14/h4-5,10-11H,6-9H2,1-3H3,(H,13,14)/b5-4+. The Kier molecular flexibility index (Phi) is 7.17. The summed E-state index contributed by atoms with van der Waals surface area (Å²) < 4.78 is 0. The molecule has 2 nitrogen and oxygen atoms in total. The normalized spacial score (nSPS) is 13.7. The van der Waals surface area contributed by atoms with Gasteiger partial charge in [-0.25, -0.2) is 0 Å². The van der Waals surface area contributed by atoms with Crippen molar-refractivity contribution < 1.29 is 9.90 Å². The third kappa shape index (κ3) is 5.79. The van der Waals surface area contributed by atoms with Gasteiger partial charge in [-0.3, -0.25) is 4.79 Å². The molecule has 0 aromatic carbocycles. The number of carboxylic acid groups (broad SMARTS) is 1. The van der Waals surface area contributed by atoms with Gasteiger partial charge in [0.15, 0.2) is 0 Å². The summed E-state index contributed by atoms with van der Waals surface area (Å²) in [6.45, 7) is 5.96. The Labute approximate surface area is 87.0 Å². The van der Waals surface area contributed by atoms with Crippen molar-refractivity contribution in [2.24, 2.45) is 11.8 Å². The molecule has 0 amide bonds. The fourth-order valence-electron chi connectivity index (χ4n) is 1.54. The molecule has 1 unspecified atom stereocenters. The summed E-state index contributed by atoms with van der Waals surface area (Å²) >= 11 is 0. The van der Waals surface area contributed by atoms with Crippen molar-refractivity contribution >= 4 is 5.97 Å². The van der Waals surface area contributed by atoms with Crippen LogP contribution < -0.4 is 0 Å². The predicted molar refractivity (Wildman–Crippen MR) is 59.2 cm³/mol. The molecule has 14 heavy (non-hydrogen) atoms. The topological polar surface area (TPSA) is 37.3 Å². The van der Waals surface area contributed by atoms with Crippen molar-refractivity contribution in [3.05, 3.63) is 12.2 Å². The zero-order chi connectivity index (χ0) is 11.0. The maximum atomic E-state index is 10.8. The lowest BCUT2D eigenvalue weighted by Gasteiger charge is -2.15. The quantitative estimate of drug-likeness (QED) is 0.502. The van der Waals surface area contributed by atoms with Gasteiger partial charge in [0.05, 0.1) is 5.92 Å². The number of carbonyl (C=O) groups is 1. The highest BCUT2D eigenvalue weighted by Crippen LogP contribution is 2.18. The lowest BCUT2D eigenvalue weighted by Crippen LogP contribution is -2.19. The van der Waals surface area contributed by atoms with Crippen LogP contribution in [0.2, 0.25) is 0 Å². The number of unbranched alkanes of at least 4 members (excludes halogenated alkanes) is 2. The van der Waals surface area contributed by atoms with Crippen LogP contribution in [0, 0.1) is 11.8 Å². The minimum atomic E-state index is -0.647. The summed E-state index contributed by atoms with van der Waals surface area (Å²) in [5, 5.41) is 8.93. The molecule has 0 aliphatic heterocycles. The van der Waals surface area contributed by atoms with Crippen LogP contribution >= 0.6 is 0 Å². The van der Waals surface area contributed by atoms with Gasteiger partial charge >= 0.3 is 5.97 Å². The van der Waals surface area contributed by atoms with Crippen molar-refractivity contribution in [1.82, 2.24) is 0 Å². The molecule has 0 fully saturated rings. The van der Waals surface area contributed by atoms with Gasteiger partial charge in [0.25, 0.3) is 0 Å². The van der Waals surface area contributed by atoms with Gasteiger partial charge in [0.2, 0.25) is 0 Å². The monoisotopic (exact) mass is 198 g/mol. The third-order valence-corrected chi connectivity index (χ3v) is 2.49. The second-order valence-electron chi connectivity index (χ2n) is 4.04. The second-order valence-corrected chi connectivity index (χ2v) is 4.04. The van der Waals surface area contributed by atoms with Crippen molar-refractivity contribution in [3.63, 3.8) is 0 Å².